The van der Waals surface area contributed by atoms with Crippen LogP contribution in [0.2, 0.25) is 0 Å². The van der Waals surface area contributed by atoms with Gasteiger partial charge in [-0.25, -0.2) is 9.59 Å². The van der Waals surface area contributed by atoms with Crippen molar-refractivity contribution >= 4 is 11.9 Å². The van der Waals surface area contributed by atoms with Crippen LogP contribution in [0.4, 0.5) is 0 Å². The van der Waals surface area contributed by atoms with Crippen LogP contribution in [0.15, 0.2) is 37.8 Å². The third kappa shape index (κ3) is 10.4. The van der Waals surface area contributed by atoms with Gasteiger partial charge in [0.2, 0.25) is 0 Å². The molecule has 25 heavy (non-hydrogen) atoms. The molecule has 140 valence electrons. The van der Waals surface area contributed by atoms with Gasteiger partial charge < -0.3 is 14.2 Å². The molecule has 2 aliphatic carbocycles. The second-order valence-corrected chi connectivity index (χ2v) is 6.20. The molecule has 0 N–H and O–H groups in total. The molecule has 5 heteroatoms. The van der Waals surface area contributed by atoms with E-state index in [4.69, 9.17) is 9.47 Å². The van der Waals surface area contributed by atoms with Gasteiger partial charge in [0.05, 0.1) is 12.5 Å². The molecule has 0 aromatic carbocycles. The number of ether oxygens (including phenoxy) is 3. The molecule has 0 bridgehead atoms. The molecule has 0 aromatic rings. The number of hydrogen-bond donors (Lipinski definition) is 0. The van der Waals surface area contributed by atoms with Gasteiger partial charge in [-0.2, -0.15) is 0 Å². The summed E-state index contributed by atoms with van der Waals surface area (Å²) in [4.78, 5) is 23.2. The zero-order valence-corrected chi connectivity index (χ0v) is 15.0. The van der Waals surface area contributed by atoms with Crippen LogP contribution in [0.1, 0.15) is 64.2 Å². The summed E-state index contributed by atoms with van der Waals surface area (Å²) in [7, 11) is 0. The van der Waals surface area contributed by atoms with Crippen molar-refractivity contribution in [1.82, 2.24) is 0 Å². The van der Waals surface area contributed by atoms with Crippen LogP contribution in [0.5, 0.6) is 0 Å². The molecule has 2 aliphatic rings. The second kappa shape index (κ2) is 13.3. The van der Waals surface area contributed by atoms with Gasteiger partial charge in [-0.3, -0.25) is 0 Å². The lowest BCUT2D eigenvalue weighted by molar-refractivity contribution is -0.147. The fraction of sp³-hybridized carbons (Fsp3) is 0.600. The number of esters is 2. The molecule has 2 rings (SSSR count). The number of rotatable bonds is 6. The van der Waals surface area contributed by atoms with Crippen molar-refractivity contribution in [1.29, 1.82) is 0 Å². The van der Waals surface area contributed by atoms with Gasteiger partial charge in [-0.05, 0) is 51.4 Å². The van der Waals surface area contributed by atoms with Crippen molar-refractivity contribution in [2.45, 2.75) is 76.4 Å². The number of carbonyl (C=O) groups excluding carboxylic acids is 2. The second-order valence-electron chi connectivity index (χ2n) is 6.20. The summed E-state index contributed by atoms with van der Waals surface area (Å²) >= 11 is 0. The van der Waals surface area contributed by atoms with Gasteiger partial charge in [-0.15, -0.1) is 0 Å². The molecular formula is C20H30O5. The predicted molar refractivity (Wildman–Crippen MR) is 96.5 cm³/mol. The smallest absolute Gasteiger partial charge is 0.331 e. The summed E-state index contributed by atoms with van der Waals surface area (Å²) < 4.78 is 15.0. The Morgan fingerprint density at radius 1 is 0.680 bits per heavy atom. The first-order valence-electron chi connectivity index (χ1n) is 9.12. The van der Waals surface area contributed by atoms with E-state index in [-0.39, 0.29) is 12.2 Å². The van der Waals surface area contributed by atoms with E-state index in [1.165, 1.54) is 37.5 Å². The molecule has 2 saturated carbocycles. The van der Waals surface area contributed by atoms with Crippen molar-refractivity contribution in [3.8, 4) is 0 Å². The Bertz CT molecular complexity index is 403. The van der Waals surface area contributed by atoms with Crippen LogP contribution in [0.3, 0.4) is 0 Å². The van der Waals surface area contributed by atoms with E-state index in [9.17, 15) is 9.59 Å². The molecule has 0 atom stereocenters. The van der Waals surface area contributed by atoms with E-state index in [1.54, 1.807) is 0 Å². The van der Waals surface area contributed by atoms with Gasteiger partial charge in [0.15, 0.2) is 0 Å². The lowest BCUT2D eigenvalue weighted by Crippen LogP contribution is -2.21. The maximum absolute atomic E-state index is 11.6. The summed E-state index contributed by atoms with van der Waals surface area (Å²) in [5.41, 5.74) is 0. The van der Waals surface area contributed by atoms with Crippen molar-refractivity contribution < 1.29 is 23.8 Å². The molecule has 2 fully saturated rings. The van der Waals surface area contributed by atoms with E-state index in [1.807, 2.05) is 0 Å². The van der Waals surface area contributed by atoms with Crippen LogP contribution in [0.25, 0.3) is 0 Å². The Balaban J connectivity index is 0.000000550. The van der Waals surface area contributed by atoms with Crippen LogP contribution in [-0.4, -0.2) is 24.1 Å². The highest BCUT2D eigenvalue weighted by atomic mass is 16.5. The highest BCUT2D eigenvalue weighted by molar-refractivity contribution is 5.91. The Hall–Kier alpha value is -2.04. The number of carbonyl (C=O) groups is 2. The Morgan fingerprint density at radius 2 is 1.04 bits per heavy atom. The first-order chi connectivity index (χ1) is 12.2. The van der Waals surface area contributed by atoms with Crippen LogP contribution < -0.4 is 0 Å². The minimum atomic E-state index is -0.433. The normalized spacial score (nSPS) is 18.6. The number of hydrogen-bond acceptors (Lipinski definition) is 5. The van der Waals surface area contributed by atoms with Crippen LogP contribution in [-0.2, 0) is 23.8 Å². The highest BCUT2D eigenvalue weighted by Crippen LogP contribution is 2.21. The molecule has 0 amide bonds. The summed E-state index contributed by atoms with van der Waals surface area (Å²) in [5.74, 6) is -0.866. The van der Waals surface area contributed by atoms with E-state index >= 15 is 0 Å². The van der Waals surface area contributed by atoms with Gasteiger partial charge >= 0.3 is 11.9 Å². The maximum atomic E-state index is 11.6. The first kappa shape index (κ1) is 21.0. The summed E-state index contributed by atoms with van der Waals surface area (Å²) in [5, 5.41) is 0. The molecule has 0 radical (unpaired) electrons. The van der Waals surface area contributed by atoms with Gasteiger partial charge in [0, 0.05) is 12.2 Å². The molecular weight excluding hydrogens is 320 g/mol. The standard InChI is InChI=1S/C16H24O4.C4H6O/c17-15(19-13-7-3-1-4-8-13)11-12-16(18)20-14-9-5-2-6-10-14;1-3-5-4-2/h11-14H,1-10H2;3-4H,1-2H2/b12-11-;. The molecule has 0 saturated heterocycles. The summed E-state index contributed by atoms with van der Waals surface area (Å²) in [6.07, 6.45) is 15.7. The maximum Gasteiger partial charge on any atom is 0.331 e. The first-order valence-corrected chi connectivity index (χ1v) is 9.12. The van der Waals surface area contributed by atoms with Gasteiger partial charge in [-0.1, -0.05) is 26.0 Å². The van der Waals surface area contributed by atoms with E-state index in [2.05, 4.69) is 17.9 Å². The van der Waals surface area contributed by atoms with Gasteiger partial charge in [0.25, 0.3) is 0 Å². The monoisotopic (exact) mass is 350 g/mol. The Labute approximate surface area is 150 Å². The molecule has 0 aliphatic heterocycles. The minimum Gasteiger partial charge on any atom is -0.474 e. The molecule has 0 heterocycles. The molecule has 5 nitrogen and oxygen atoms in total. The lowest BCUT2D eigenvalue weighted by Gasteiger charge is -2.21. The minimum absolute atomic E-state index is 0.0234. The van der Waals surface area contributed by atoms with Crippen molar-refractivity contribution in [2.24, 2.45) is 0 Å². The predicted octanol–water partition coefficient (Wildman–Crippen LogP) is 4.58. The molecule has 0 unspecified atom stereocenters. The van der Waals surface area contributed by atoms with Crippen LogP contribution in [0, 0.1) is 0 Å². The Morgan fingerprint density at radius 3 is 1.32 bits per heavy atom. The third-order valence-electron chi connectivity index (χ3n) is 4.22. The van der Waals surface area contributed by atoms with E-state index in [0.717, 1.165) is 51.4 Å². The average Bonchev–Trinajstić information content (AvgIpc) is 2.63. The topological polar surface area (TPSA) is 61.8 Å². The average molecular weight is 350 g/mol. The van der Waals surface area contributed by atoms with E-state index in [0.29, 0.717) is 0 Å². The lowest BCUT2D eigenvalue weighted by atomic mass is 9.98. The SMILES string of the molecule is C=COC=C.O=C(/C=C\C(=O)OC1CCCCC1)OC1CCCCC1. The molecule has 0 aromatic heterocycles. The fourth-order valence-corrected chi connectivity index (χ4v) is 2.98. The highest BCUT2D eigenvalue weighted by Gasteiger charge is 2.18. The summed E-state index contributed by atoms with van der Waals surface area (Å²) in [6.45, 7) is 6.51. The van der Waals surface area contributed by atoms with Crippen molar-refractivity contribution in [3.05, 3.63) is 37.8 Å². The summed E-state index contributed by atoms with van der Waals surface area (Å²) in [6, 6.07) is 0. The fourth-order valence-electron chi connectivity index (χ4n) is 2.98. The van der Waals surface area contributed by atoms with Crippen LogP contribution >= 0.6 is 0 Å². The zero-order valence-electron chi connectivity index (χ0n) is 15.0. The zero-order chi connectivity index (χ0) is 18.3. The van der Waals surface area contributed by atoms with E-state index < -0.39 is 11.9 Å². The van der Waals surface area contributed by atoms with Crippen molar-refractivity contribution in [2.75, 3.05) is 0 Å². The quantitative estimate of drug-likeness (QED) is 0.398. The van der Waals surface area contributed by atoms with Crippen molar-refractivity contribution in [3.63, 3.8) is 0 Å². The third-order valence-corrected chi connectivity index (χ3v) is 4.22. The molecule has 0 spiro atoms. The van der Waals surface area contributed by atoms with Gasteiger partial charge in [0.1, 0.15) is 12.2 Å². The Kier molecular flexibility index (Phi) is 11.2. The largest absolute Gasteiger partial charge is 0.474 e.